The Kier molecular flexibility index (Phi) is 3.21. The van der Waals surface area contributed by atoms with Crippen molar-refractivity contribution >= 4 is 11.6 Å². The number of carbonyl (C=O) groups is 1. The number of likely N-dealkylation sites (tertiary alicyclic amines) is 1. The summed E-state index contributed by atoms with van der Waals surface area (Å²) >= 11 is 0. The lowest BCUT2D eigenvalue weighted by molar-refractivity contribution is -0.384. The van der Waals surface area contributed by atoms with Crippen LogP contribution < -0.4 is 5.32 Å². The van der Waals surface area contributed by atoms with Crippen LogP contribution in [0.25, 0.3) is 0 Å². The van der Waals surface area contributed by atoms with Crippen molar-refractivity contribution in [3.63, 3.8) is 0 Å². The number of piperidine rings is 1. The predicted octanol–water partition coefficient (Wildman–Crippen LogP) is 0.757. The van der Waals surface area contributed by atoms with Gasteiger partial charge < -0.3 is 14.8 Å². The Bertz CT molecular complexity index is 540. The van der Waals surface area contributed by atoms with Crippen molar-refractivity contribution in [3.8, 4) is 0 Å². The van der Waals surface area contributed by atoms with Gasteiger partial charge in [-0.25, -0.2) is 0 Å². The third kappa shape index (κ3) is 2.18. The number of rotatable bonds is 2. The van der Waals surface area contributed by atoms with E-state index in [-0.39, 0.29) is 11.6 Å². The first kappa shape index (κ1) is 13.1. The smallest absolute Gasteiger partial charge is 0.287 e. The minimum atomic E-state index is -0.470. The third-order valence-corrected chi connectivity index (χ3v) is 4.31. The van der Waals surface area contributed by atoms with Gasteiger partial charge in [-0.1, -0.05) is 0 Å². The zero-order valence-electron chi connectivity index (χ0n) is 11.4. The largest absolute Gasteiger partial charge is 0.340 e. The fraction of sp³-hybridized carbons (Fsp3) is 0.615. The molecule has 0 bridgehead atoms. The molecule has 1 aromatic rings. The summed E-state index contributed by atoms with van der Waals surface area (Å²) in [5, 5.41) is 14.2. The van der Waals surface area contributed by atoms with Gasteiger partial charge in [-0.2, -0.15) is 0 Å². The summed E-state index contributed by atoms with van der Waals surface area (Å²) < 4.78 is 1.54. The van der Waals surface area contributed by atoms with Crippen LogP contribution in [0.5, 0.6) is 0 Å². The maximum atomic E-state index is 12.5. The molecule has 0 radical (unpaired) electrons. The molecule has 7 nitrogen and oxygen atoms in total. The van der Waals surface area contributed by atoms with Gasteiger partial charge >= 0.3 is 0 Å². The van der Waals surface area contributed by atoms with Gasteiger partial charge in [0.2, 0.25) is 0 Å². The first-order chi connectivity index (χ1) is 9.56. The Labute approximate surface area is 116 Å². The maximum absolute atomic E-state index is 12.5. The summed E-state index contributed by atoms with van der Waals surface area (Å²) in [6.07, 6.45) is 3.68. The van der Waals surface area contributed by atoms with Gasteiger partial charge in [0.05, 0.1) is 11.1 Å². The van der Waals surface area contributed by atoms with E-state index in [9.17, 15) is 14.9 Å². The number of aromatic nitrogens is 1. The van der Waals surface area contributed by atoms with Gasteiger partial charge in [-0.15, -0.1) is 0 Å². The molecule has 1 amide bonds. The summed E-state index contributed by atoms with van der Waals surface area (Å²) in [6.45, 7) is 2.46. The topological polar surface area (TPSA) is 80.4 Å². The Morgan fingerprint density at radius 1 is 1.50 bits per heavy atom. The molecule has 0 spiro atoms. The highest BCUT2D eigenvalue weighted by atomic mass is 16.6. The molecular formula is C13H18N4O3. The van der Waals surface area contributed by atoms with E-state index in [0.717, 1.165) is 25.9 Å². The summed E-state index contributed by atoms with van der Waals surface area (Å²) in [6, 6.07) is 1.74. The summed E-state index contributed by atoms with van der Waals surface area (Å²) in [4.78, 5) is 24.6. The van der Waals surface area contributed by atoms with Crippen LogP contribution in [0.2, 0.25) is 0 Å². The highest BCUT2D eigenvalue weighted by Crippen LogP contribution is 2.27. The number of fused-ring (bicyclic) bond motifs is 1. The van der Waals surface area contributed by atoms with E-state index in [4.69, 9.17) is 0 Å². The minimum absolute atomic E-state index is 0.0365. The van der Waals surface area contributed by atoms with Crippen molar-refractivity contribution in [1.82, 2.24) is 14.8 Å². The zero-order chi connectivity index (χ0) is 14.3. The van der Waals surface area contributed by atoms with Gasteiger partial charge in [-0.3, -0.25) is 14.9 Å². The molecule has 108 valence electrons. The molecular weight excluding hydrogens is 260 g/mol. The van der Waals surface area contributed by atoms with Crippen LogP contribution in [-0.4, -0.2) is 46.0 Å². The lowest BCUT2D eigenvalue weighted by Gasteiger charge is -2.24. The van der Waals surface area contributed by atoms with Gasteiger partial charge in [0.1, 0.15) is 5.69 Å². The van der Waals surface area contributed by atoms with E-state index >= 15 is 0 Å². The van der Waals surface area contributed by atoms with Crippen molar-refractivity contribution in [3.05, 3.63) is 28.1 Å². The zero-order valence-corrected chi connectivity index (χ0v) is 11.4. The monoisotopic (exact) mass is 278 g/mol. The normalized spacial score (nSPS) is 25.6. The standard InChI is InChI=1S/C13H18N4O3/c1-15-7-10(17(19)20)5-12(15)13(18)16-6-9-3-2-4-14-11(9)8-16/h5,7,9,11,14H,2-4,6,8H2,1H3. The van der Waals surface area contributed by atoms with E-state index in [1.54, 1.807) is 7.05 Å². The van der Waals surface area contributed by atoms with Crippen molar-refractivity contribution in [2.24, 2.45) is 13.0 Å². The lowest BCUT2D eigenvalue weighted by Crippen LogP contribution is -2.41. The molecule has 7 heteroatoms. The van der Waals surface area contributed by atoms with Gasteiger partial charge in [0.25, 0.3) is 11.6 Å². The van der Waals surface area contributed by atoms with E-state index < -0.39 is 4.92 Å². The third-order valence-electron chi connectivity index (χ3n) is 4.31. The molecule has 1 aromatic heterocycles. The summed E-state index contributed by atoms with van der Waals surface area (Å²) in [5.74, 6) is 0.403. The van der Waals surface area contributed by atoms with Crippen LogP contribution in [0.3, 0.4) is 0 Å². The fourth-order valence-electron chi connectivity index (χ4n) is 3.23. The Morgan fingerprint density at radius 2 is 2.30 bits per heavy atom. The molecule has 0 aromatic carbocycles. The quantitative estimate of drug-likeness (QED) is 0.639. The molecule has 20 heavy (non-hydrogen) atoms. The number of nitro groups is 1. The second kappa shape index (κ2) is 4.90. The van der Waals surface area contributed by atoms with Crippen LogP contribution in [0.15, 0.2) is 12.3 Å². The van der Waals surface area contributed by atoms with Crippen molar-refractivity contribution in [2.45, 2.75) is 18.9 Å². The van der Waals surface area contributed by atoms with Crippen molar-refractivity contribution in [1.29, 1.82) is 0 Å². The van der Waals surface area contributed by atoms with E-state index in [2.05, 4.69) is 5.32 Å². The first-order valence-electron chi connectivity index (χ1n) is 6.89. The fourth-order valence-corrected chi connectivity index (χ4v) is 3.23. The second-order valence-corrected chi connectivity index (χ2v) is 5.62. The number of hydrogen-bond donors (Lipinski definition) is 1. The number of nitrogens with one attached hydrogen (secondary N) is 1. The highest BCUT2D eigenvalue weighted by molar-refractivity contribution is 5.93. The Balaban J connectivity index is 1.78. The Hall–Kier alpha value is -1.89. The number of carbonyl (C=O) groups excluding carboxylic acids is 1. The SMILES string of the molecule is Cn1cc([N+](=O)[O-])cc1C(=O)N1CC2CCCNC2C1. The molecule has 2 aliphatic rings. The maximum Gasteiger partial charge on any atom is 0.287 e. The average Bonchev–Trinajstić information content (AvgIpc) is 3.01. The van der Waals surface area contributed by atoms with Gasteiger partial charge in [-0.05, 0) is 25.3 Å². The number of nitrogens with zero attached hydrogens (tertiary/aromatic N) is 3. The summed E-state index contributed by atoms with van der Waals surface area (Å²) in [7, 11) is 1.67. The molecule has 2 atom stereocenters. The molecule has 2 fully saturated rings. The summed E-state index contributed by atoms with van der Waals surface area (Å²) in [5.41, 5.74) is 0.348. The van der Waals surface area contributed by atoms with Gasteiger partial charge in [0, 0.05) is 32.2 Å². The van der Waals surface area contributed by atoms with Gasteiger partial charge in [0.15, 0.2) is 0 Å². The molecule has 3 rings (SSSR count). The molecule has 3 heterocycles. The van der Waals surface area contributed by atoms with Crippen LogP contribution in [0.1, 0.15) is 23.3 Å². The average molecular weight is 278 g/mol. The van der Waals surface area contributed by atoms with Crippen LogP contribution in [-0.2, 0) is 7.05 Å². The molecule has 2 saturated heterocycles. The number of amides is 1. The van der Waals surface area contributed by atoms with Crippen LogP contribution in [0, 0.1) is 16.0 Å². The first-order valence-corrected chi connectivity index (χ1v) is 6.89. The molecule has 2 aliphatic heterocycles. The predicted molar refractivity (Wildman–Crippen MR) is 72.5 cm³/mol. The number of hydrogen-bond acceptors (Lipinski definition) is 4. The van der Waals surface area contributed by atoms with Crippen LogP contribution >= 0.6 is 0 Å². The molecule has 1 N–H and O–H groups in total. The minimum Gasteiger partial charge on any atom is -0.340 e. The van der Waals surface area contributed by atoms with E-state index in [1.165, 1.54) is 16.8 Å². The second-order valence-electron chi connectivity index (χ2n) is 5.62. The molecule has 0 saturated carbocycles. The van der Waals surface area contributed by atoms with Crippen molar-refractivity contribution in [2.75, 3.05) is 19.6 Å². The van der Waals surface area contributed by atoms with Crippen LogP contribution in [0.4, 0.5) is 5.69 Å². The highest BCUT2D eigenvalue weighted by Gasteiger charge is 2.37. The number of aryl methyl sites for hydroxylation is 1. The molecule has 0 aliphatic carbocycles. The Morgan fingerprint density at radius 3 is 2.95 bits per heavy atom. The van der Waals surface area contributed by atoms with E-state index in [1.807, 2.05) is 4.90 Å². The molecule has 2 unspecified atom stereocenters. The lowest BCUT2D eigenvalue weighted by atomic mass is 9.94. The van der Waals surface area contributed by atoms with E-state index in [0.29, 0.717) is 24.2 Å². The van der Waals surface area contributed by atoms with Crippen molar-refractivity contribution < 1.29 is 9.72 Å².